The van der Waals surface area contributed by atoms with Gasteiger partial charge < -0.3 is 19.8 Å². The molecule has 1 aromatic heterocycles. The Labute approximate surface area is 197 Å². The molecule has 0 atom stereocenters. The number of carbonyl (C=O) groups is 1. The van der Waals surface area contributed by atoms with Crippen LogP contribution in [-0.4, -0.2) is 11.6 Å². The summed E-state index contributed by atoms with van der Waals surface area (Å²) >= 11 is 0. The van der Waals surface area contributed by atoms with Gasteiger partial charge >= 0.3 is 11.7 Å². The number of urea groups is 1. The predicted molar refractivity (Wildman–Crippen MR) is 137 cm³/mol. The standard InChI is InChI=1S/C28H26N2O4/c1-4-8-18-15-24(31)33-23-16-22(20-13-14-28(2,3)34-26(20)25(18)23)30-27(32)29-21-12-7-10-17-9-5-6-11-19(17)21/h5-7,9-16H,4,8H2,1-3H3,(H2,29,30,32). The first kappa shape index (κ1) is 21.8. The van der Waals surface area contributed by atoms with Crippen LogP contribution in [-0.2, 0) is 6.42 Å². The van der Waals surface area contributed by atoms with E-state index in [1.54, 1.807) is 6.07 Å². The van der Waals surface area contributed by atoms with Crippen LogP contribution in [0.2, 0.25) is 0 Å². The highest BCUT2D eigenvalue weighted by molar-refractivity contribution is 6.08. The van der Waals surface area contributed by atoms with Crippen LogP contribution >= 0.6 is 0 Å². The van der Waals surface area contributed by atoms with Crippen LogP contribution in [0.5, 0.6) is 5.75 Å². The van der Waals surface area contributed by atoms with Crippen molar-refractivity contribution < 1.29 is 13.9 Å². The Bertz CT molecular complexity index is 1510. The first-order chi connectivity index (χ1) is 16.3. The zero-order valence-electron chi connectivity index (χ0n) is 19.4. The molecule has 172 valence electrons. The molecule has 34 heavy (non-hydrogen) atoms. The van der Waals surface area contributed by atoms with E-state index in [9.17, 15) is 9.59 Å². The van der Waals surface area contributed by atoms with Gasteiger partial charge in [0.25, 0.3) is 0 Å². The summed E-state index contributed by atoms with van der Waals surface area (Å²) in [6, 6.07) is 16.4. The molecule has 2 heterocycles. The lowest BCUT2D eigenvalue weighted by Gasteiger charge is -2.30. The van der Waals surface area contributed by atoms with Crippen LogP contribution in [0, 0.1) is 0 Å². The summed E-state index contributed by atoms with van der Waals surface area (Å²) in [4.78, 5) is 25.3. The largest absolute Gasteiger partial charge is 0.482 e. The summed E-state index contributed by atoms with van der Waals surface area (Å²) in [7, 11) is 0. The number of ether oxygens (including phenoxy) is 1. The number of benzene rings is 3. The van der Waals surface area contributed by atoms with Crippen LogP contribution in [0.3, 0.4) is 0 Å². The lowest BCUT2D eigenvalue weighted by molar-refractivity contribution is 0.161. The molecule has 2 amide bonds. The molecular formula is C28H26N2O4. The quantitative estimate of drug-likeness (QED) is 0.335. The van der Waals surface area contributed by atoms with E-state index in [1.165, 1.54) is 6.07 Å². The average Bonchev–Trinajstić information content (AvgIpc) is 2.78. The van der Waals surface area contributed by atoms with Gasteiger partial charge in [-0.25, -0.2) is 9.59 Å². The van der Waals surface area contributed by atoms with Gasteiger partial charge in [-0.1, -0.05) is 49.7 Å². The van der Waals surface area contributed by atoms with Gasteiger partial charge in [-0.2, -0.15) is 0 Å². The summed E-state index contributed by atoms with van der Waals surface area (Å²) in [5.41, 5.74) is 2.25. The molecule has 0 aliphatic carbocycles. The van der Waals surface area contributed by atoms with Crippen molar-refractivity contribution in [1.82, 2.24) is 0 Å². The predicted octanol–water partition coefficient (Wildman–Crippen LogP) is 6.73. The van der Waals surface area contributed by atoms with Crippen molar-refractivity contribution in [2.75, 3.05) is 10.6 Å². The minimum Gasteiger partial charge on any atom is -0.482 e. The second kappa shape index (κ2) is 8.37. The molecule has 4 aromatic rings. The summed E-state index contributed by atoms with van der Waals surface area (Å²) in [6.45, 7) is 5.99. The van der Waals surface area contributed by atoms with E-state index in [1.807, 2.05) is 68.5 Å². The van der Waals surface area contributed by atoms with E-state index in [0.29, 0.717) is 22.7 Å². The van der Waals surface area contributed by atoms with Crippen molar-refractivity contribution in [2.45, 2.75) is 39.2 Å². The van der Waals surface area contributed by atoms with E-state index in [2.05, 4.69) is 17.6 Å². The molecule has 5 rings (SSSR count). The number of rotatable bonds is 4. The highest BCUT2D eigenvalue weighted by Gasteiger charge is 2.28. The molecule has 0 saturated heterocycles. The van der Waals surface area contributed by atoms with Crippen LogP contribution in [0.4, 0.5) is 16.2 Å². The molecule has 1 aliphatic heterocycles. The fourth-order valence-electron chi connectivity index (χ4n) is 4.42. The second-order valence-electron chi connectivity index (χ2n) is 9.03. The van der Waals surface area contributed by atoms with Gasteiger partial charge in [-0.05, 0) is 49.4 Å². The van der Waals surface area contributed by atoms with E-state index in [4.69, 9.17) is 9.15 Å². The summed E-state index contributed by atoms with van der Waals surface area (Å²) in [5.74, 6) is 0.609. The van der Waals surface area contributed by atoms with Crippen molar-refractivity contribution in [3.8, 4) is 5.75 Å². The lowest BCUT2D eigenvalue weighted by Crippen LogP contribution is -2.28. The number of hydrogen-bond donors (Lipinski definition) is 2. The maximum atomic E-state index is 13.0. The number of anilines is 2. The van der Waals surface area contributed by atoms with Crippen molar-refractivity contribution in [3.63, 3.8) is 0 Å². The fraction of sp³-hybridized carbons (Fsp3) is 0.214. The van der Waals surface area contributed by atoms with Crippen LogP contribution in [0.25, 0.3) is 27.8 Å². The number of aryl methyl sites for hydroxylation is 1. The molecule has 2 N–H and O–H groups in total. The van der Waals surface area contributed by atoms with Crippen LogP contribution in [0.15, 0.2) is 69.9 Å². The maximum absolute atomic E-state index is 13.0. The molecule has 0 fully saturated rings. The Morgan fingerprint density at radius 2 is 1.76 bits per heavy atom. The van der Waals surface area contributed by atoms with Gasteiger partial charge in [0.15, 0.2) is 0 Å². The van der Waals surface area contributed by atoms with Crippen LogP contribution in [0.1, 0.15) is 38.3 Å². The maximum Gasteiger partial charge on any atom is 0.336 e. The van der Waals surface area contributed by atoms with E-state index >= 15 is 0 Å². The minimum atomic E-state index is -0.538. The third-order valence-electron chi connectivity index (χ3n) is 5.93. The van der Waals surface area contributed by atoms with Crippen molar-refractivity contribution in [3.05, 3.63) is 82.2 Å². The van der Waals surface area contributed by atoms with Gasteiger partial charge in [0.05, 0.1) is 16.8 Å². The average molecular weight is 455 g/mol. The Morgan fingerprint density at radius 3 is 2.59 bits per heavy atom. The molecule has 3 aromatic carbocycles. The Hall–Kier alpha value is -4.06. The SMILES string of the molecule is CCCc1cc(=O)oc2cc(NC(=O)Nc3cccc4ccccc34)c3c(c12)OC(C)(C)C=C3. The highest BCUT2D eigenvalue weighted by atomic mass is 16.5. The van der Waals surface area contributed by atoms with Gasteiger partial charge in [0, 0.05) is 23.1 Å². The molecule has 0 radical (unpaired) electrons. The first-order valence-electron chi connectivity index (χ1n) is 11.4. The van der Waals surface area contributed by atoms with Gasteiger partial charge in [-0.15, -0.1) is 0 Å². The molecule has 0 unspecified atom stereocenters. The topological polar surface area (TPSA) is 80.6 Å². The first-order valence-corrected chi connectivity index (χ1v) is 11.4. The monoisotopic (exact) mass is 454 g/mol. The van der Waals surface area contributed by atoms with E-state index in [0.717, 1.165) is 40.1 Å². The van der Waals surface area contributed by atoms with Crippen molar-refractivity contribution >= 4 is 45.2 Å². The summed E-state index contributed by atoms with van der Waals surface area (Å²) < 4.78 is 11.9. The second-order valence-corrected chi connectivity index (χ2v) is 9.03. The number of fused-ring (bicyclic) bond motifs is 4. The van der Waals surface area contributed by atoms with E-state index in [-0.39, 0.29) is 0 Å². The fourth-order valence-corrected chi connectivity index (χ4v) is 4.42. The van der Waals surface area contributed by atoms with Crippen molar-refractivity contribution in [2.24, 2.45) is 0 Å². The number of amides is 2. The molecule has 0 saturated carbocycles. The number of nitrogens with one attached hydrogen (secondary N) is 2. The number of carbonyl (C=O) groups excluding carboxylic acids is 1. The molecular weight excluding hydrogens is 428 g/mol. The third kappa shape index (κ3) is 4.03. The van der Waals surface area contributed by atoms with Gasteiger partial charge in [0.1, 0.15) is 16.9 Å². The molecule has 6 heteroatoms. The molecule has 0 spiro atoms. The van der Waals surface area contributed by atoms with Crippen molar-refractivity contribution in [1.29, 1.82) is 0 Å². The normalized spacial score (nSPS) is 14.0. The molecule has 0 bridgehead atoms. The zero-order chi connectivity index (χ0) is 23.9. The number of hydrogen-bond acceptors (Lipinski definition) is 4. The molecule has 1 aliphatic rings. The van der Waals surface area contributed by atoms with Crippen LogP contribution < -0.4 is 21.0 Å². The van der Waals surface area contributed by atoms with Gasteiger partial charge in [-0.3, -0.25) is 0 Å². The third-order valence-corrected chi connectivity index (χ3v) is 5.93. The zero-order valence-corrected chi connectivity index (χ0v) is 19.4. The Balaban J connectivity index is 1.58. The minimum absolute atomic E-state index is 0.390. The molecule has 6 nitrogen and oxygen atoms in total. The smallest absolute Gasteiger partial charge is 0.336 e. The summed E-state index contributed by atoms with van der Waals surface area (Å²) in [6.07, 6.45) is 5.50. The Morgan fingerprint density at radius 1 is 1.00 bits per heavy atom. The Kier molecular flexibility index (Phi) is 5.36. The van der Waals surface area contributed by atoms with Gasteiger partial charge in [0.2, 0.25) is 0 Å². The lowest BCUT2D eigenvalue weighted by atomic mass is 9.96. The summed E-state index contributed by atoms with van der Waals surface area (Å²) in [5, 5.41) is 8.62. The highest BCUT2D eigenvalue weighted by Crippen LogP contribution is 2.43. The van der Waals surface area contributed by atoms with E-state index < -0.39 is 17.3 Å².